The topological polar surface area (TPSA) is 55.1 Å². The Morgan fingerprint density at radius 1 is 1.47 bits per heavy atom. The average molecular weight is 232 g/mol. The van der Waals surface area contributed by atoms with Gasteiger partial charge in [0.1, 0.15) is 0 Å². The number of hydrogen-bond acceptors (Lipinski definition) is 2. The molecule has 1 aliphatic rings. The summed E-state index contributed by atoms with van der Waals surface area (Å²) in [6, 6.07) is 8.06. The molecular formula is C14H20N2O. The van der Waals surface area contributed by atoms with Gasteiger partial charge in [0.05, 0.1) is 5.54 Å². The summed E-state index contributed by atoms with van der Waals surface area (Å²) in [5, 5.41) is 2.94. The molecule has 0 spiro atoms. The molecule has 3 N–H and O–H groups in total. The van der Waals surface area contributed by atoms with Crippen LogP contribution in [0.4, 0.5) is 0 Å². The van der Waals surface area contributed by atoms with Crippen molar-refractivity contribution in [3.63, 3.8) is 0 Å². The Bertz CT molecular complexity index is 422. The predicted molar refractivity (Wildman–Crippen MR) is 68.3 cm³/mol. The van der Waals surface area contributed by atoms with Crippen LogP contribution in [-0.2, 0) is 11.3 Å². The van der Waals surface area contributed by atoms with Crippen molar-refractivity contribution in [2.24, 2.45) is 11.7 Å². The van der Waals surface area contributed by atoms with Crippen LogP contribution in [0.2, 0.25) is 0 Å². The molecule has 1 amide bonds. The van der Waals surface area contributed by atoms with Crippen LogP contribution in [0.15, 0.2) is 24.3 Å². The molecule has 0 aliphatic heterocycles. The molecule has 2 rings (SSSR count). The molecule has 1 fully saturated rings. The Balaban J connectivity index is 1.94. The molecule has 0 radical (unpaired) electrons. The molecule has 0 saturated heterocycles. The zero-order valence-corrected chi connectivity index (χ0v) is 10.5. The molecule has 3 nitrogen and oxygen atoms in total. The van der Waals surface area contributed by atoms with Crippen molar-refractivity contribution in [1.29, 1.82) is 0 Å². The molecular weight excluding hydrogens is 212 g/mol. The van der Waals surface area contributed by atoms with Crippen molar-refractivity contribution in [2.45, 2.75) is 38.8 Å². The maximum absolute atomic E-state index is 12.0. The van der Waals surface area contributed by atoms with E-state index < -0.39 is 5.54 Å². The van der Waals surface area contributed by atoms with Gasteiger partial charge in [0.15, 0.2) is 0 Å². The molecule has 0 aromatic heterocycles. The molecule has 1 aliphatic carbocycles. The molecule has 1 saturated carbocycles. The normalized spacial score (nSPS) is 18.5. The van der Waals surface area contributed by atoms with E-state index in [4.69, 9.17) is 5.73 Å². The quantitative estimate of drug-likeness (QED) is 0.830. The van der Waals surface area contributed by atoms with Gasteiger partial charge < -0.3 is 11.1 Å². The van der Waals surface area contributed by atoms with E-state index in [9.17, 15) is 4.79 Å². The summed E-state index contributed by atoms with van der Waals surface area (Å²) < 4.78 is 0. The number of benzene rings is 1. The second kappa shape index (κ2) is 4.49. The van der Waals surface area contributed by atoms with E-state index >= 15 is 0 Å². The van der Waals surface area contributed by atoms with Crippen LogP contribution in [-0.4, -0.2) is 11.4 Å². The molecule has 1 aromatic carbocycles. The third-order valence-corrected chi connectivity index (χ3v) is 3.62. The minimum absolute atomic E-state index is 0.0387. The van der Waals surface area contributed by atoms with E-state index in [1.54, 1.807) is 0 Å². The fraction of sp³-hybridized carbons (Fsp3) is 0.500. The first-order chi connectivity index (χ1) is 8.01. The van der Waals surface area contributed by atoms with Crippen molar-refractivity contribution < 1.29 is 4.79 Å². The summed E-state index contributed by atoms with van der Waals surface area (Å²) in [4.78, 5) is 12.0. The van der Waals surface area contributed by atoms with Gasteiger partial charge in [0.2, 0.25) is 5.91 Å². The van der Waals surface area contributed by atoms with E-state index in [2.05, 4.69) is 5.32 Å². The van der Waals surface area contributed by atoms with Crippen LogP contribution in [0, 0.1) is 12.8 Å². The zero-order valence-electron chi connectivity index (χ0n) is 10.5. The fourth-order valence-electron chi connectivity index (χ4n) is 2.04. The SMILES string of the molecule is Cc1ccccc1CNC(=O)C(C)(N)C1CC1. The van der Waals surface area contributed by atoms with Gasteiger partial charge in [0, 0.05) is 6.54 Å². The molecule has 17 heavy (non-hydrogen) atoms. The maximum Gasteiger partial charge on any atom is 0.240 e. The van der Waals surface area contributed by atoms with Gasteiger partial charge in [-0.15, -0.1) is 0 Å². The molecule has 92 valence electrons. The van der Waals surface area contributed by atoms with Crippen molar-refractivity contribution in [1.82, 2.24) is 5.32 Å². The van der Waals surface area contributed by atoms with E-state index in [0.717, 1.165) is 18.4 Å². The Labute approximate surface area is 102 Å². The number of carbonyl (C=O) groups excluding carboxylic acids is 1. The van der Waals surface area contributed by atoms with Gasteiger partial charge >= 0.3 is 0 Å². The smallest absolute Gasteiger partial charge is 0.240 e. The van der Waals surface area contributed by atoms with Crippen molar-refractivity contribution in [2.75, 3.05) is 0 Å². The van der Waals surface area contributed by atoms with Crippen LogP contribution in [0.25, 0.3) is 0 Å². The fourth-order valence-corrected chi connectivity index (χ4v) is 2.04. The van der Waals surface area contributed by atoms with Crippen molar-refractivity contribution in [3.05, 3.63) is 35.4 Å². The number of carbonyl (C=O) groups is 1. The Morgan fingerprint density at radius 2 is 2.12 bits per heavy atom. The maximum atomic E-state index is 12.0. The largest absolute Gasteiger partial charge is 0.350 e. The summed E-state index contributed by atoms with van der Waals surface area (Å²) in [6.07, 6.45) is 2.15. The van der Waals surface area contributed by atoms with Gasteiger partial charge in [-0.3, -0.25) is 4.79 Å². The average Bonchev–Trinajstić information content (AvgIpc) is 3.11. The van der Waals surface area contributed by atoms with Crippen LogP contribution in [0.1, 0.15) is 30.9 Å². The molecule has 1 atom stereocenters. The lowest BCUT2D eigenvalue weighted by Gasteiger charge is -2.23. The van der Waals surface area contributed by atoms with Gasteiger partial charge in [0.25, 0.3) is 0 Å². The number of nitrogens with one attached hydrogen (secondary N) is 1. The monoisotopic (exact) mass is 232 g/mol. The van der Waals surface area contributed by atoms with E-state index in [0.29, 0.717) is 12.5 Å². The Morgan fingerprint density at radius 3 is 2.71 bits per heavy atom. The van der Waals surface area contributed by atoms with Crippen LogP contribution in [0.3, 0.4) is 0 Å². The number of amides is 1. The summed E-state index contributed by atoms with van der Waals surface area (Å²) in [5.41, 5.74) is 7.69. The second-order valence-corrected chi connectivity index (χ2v) is 5.17. The Kier molecular flexibility index (Phi) is 3.20. The van der Waals surface area contributed by atoms with Crippen LogP contribution < -0.4 is 11.1 Å². The van der Waals surface area contributed by atoms with Gasteiger partial charge in [-0.05, 0) is 43.7 Å². The summed E-state index contributed by atoms with van der Waals surface area (Å²) in [6.45, 7) is 4.44. The van der Waals surface area contributed by atoms with E-state index in [-0.39, 0.29) is 5.91 Å². The van der Waals surface area contributed by atoms with Crippen molar-refractivity contribution in [3.8, 4) is 0 Å². The first-order valence-electron chi connectivity index (χ1n) is 6.13. The number of rotatable bonds is 4. The number of nitrogens with two attached hydrogens (primary N) is 1. The van der Waals surface area contributed by atoms with E-state index in [1.165, 1.54) is 5.56 Å². The summed E-state index contributed by atoms with van der Waals surface area (Å²) >= 11 is 0. The number of aryl methyl sites for hydroxylation is 1. The minimum Gasteiger partial charge on any atom is -0.350 e. The Hall–Kier alpha value is -1.35. The standard InChI is InChI=1S/C14H20N2O/c1-10-5-3-4-6-11(10)9-16-13(17)14(2,15)12-7-8-12/h3-6,12H,7-9,15H2,1-2H3,(H,16,17). The molecule has 1 aromatic rings. The first kappa shape index (κ1) is 12.1. The third kappa shape index (κ3) is 2.67. The summed E-state index contributed by atoms with van der Waals surface area (Å²) in [5.74, 6) is 0.322. The lowest BCUT2D eigenvalue weighted by molar-refractivity contribution is -0.126. The molecule has 0 heterocycles. The van der Waals surface area contributed by atoms with Gasteiger partial charge in [-0.1, -0.05) is 24.3 Å². The highest BCUT2D eigenvalue weighted by Crippen LogP contribution is 2.38. The number of hydrogen-bond donors (Lipinski definition) is 2. The van der Waals surface area contributed by atoms with E-state index in [1.807, 2.05) is 38.1 Å². The third-order valence-electron chi connectivity index (χ3n) is 3.62. The molecule has 1 unspecified atom stereocenters. The molecule has 3 heteroatoms. The summed E-state index contributed by atoms with van der Waals surface area (Å²) in [7, 11) is 0. The first-order valence-corrected chi connectivity index (χ1v) is 6.13. The molecule has 0 bridgehead atoms. The van der Waals surface area contributed by atoms with Gasteiger partial charge in [-0.2, -0.15) is 0 Å². The minimum atomic E-state index is -0.706. The highest BCUT2D eigenvalue weighted by Gasteiger charge is 2.43. The zero-order chi connectivity index (χ0) is 12.5. The lowest BCUT2D eigenvalue weighted by atomic mass is 9.96. The lowest BCUT2D eigenvalue weighted by Crippen LogP contribution is -2.53. The highest BCUT2D eigenvalue weighted by molar-refractivity contribution is 5.86. The highest BCUT2D eigenvalue weighted by atomic mass is 16.2. The van der Waals surface area contributed by atoms with Gasteiger partial charge in [-0.25, -0.2) is 0 Å². The second-order valence-electron chi connectivity index (χ2n) is 5.17. The van der Waals surface area contributed by atoms with Crippen LogP contribution in [0.5, 0.6) is 0 Å². The van der Waals surface area contributed by atoms with Crippen molar-refractivity contribution >= 4 is 5.91 Å². The predicted octanol–water partition coefficient (Wildman–Crippen LogP) is 1.74. The van der Waals surface area contributed by atoms with Crippen LogP contribution >= 0.6 is 0 Å².